The molecule has 7 nitrogen and oxygen atoms in total. The van der Waals surface area contributed by atoms with Crippen molar-refractivity contribution in [3.05, 3.63) is 92.4 Å². The van der Waals surface area contributed by atoms with Gasteiger partial charge in [-0.3, -0.25) is 14.4 Å². The number of hydrogen-bond donors (Lipinski definition) is 2. The number of likely N-dealkylation sites (N-methyl/N-ethyl adjacent to an activating group) is 1. The first-order valence-electron chi connectivity index (χ1n) is 14.4. The fourth-order valence-electron chi connectivity index (χ4n) is 5.40. The molecule has 0 bridgehead atoms. The van der Waals surface area contributed by atoms with Crippen molar-refractivity contribution in [2.75, 3.05) is 20.6 Å². The lowest BCUT2D eigenvalue weighted by atomic mass is 9.92. The summed E-state index contributed by atoms with van der Waals surface area (Å²) in [6.45, 7) is 7.26. The van der Waals surface area contributed by atoms with E-state index in [2.05, 4.69) is 5.32 Å². The SMILES string of the molecule is Cc1cccc(C)c1-c1cc(F)c(F)c([C@H](CC(=O)O)NC(=O)C(CC(C)C)n2cc(CCN(C)C)c(C(F)(F)F)cc2=O)c1. The summed E-state index contributed by atoms with van der Waals surface area (Å²) in [6, 6.07) is 5.14. The van der Waals surface area contributed by atoms with Crippen LogP contribution in [0.4, 0.5) is 22.0 Å². The predicted molar refractivity (Wildman–Crippen MR) is 161 cm³/mol. The Balaban J connectivity index is 2.14. The number of nitrogens with zero attached hydrogens (tertiary/aromatic N) is 2. The topological polar surface area (TPSA) is 91.6 Å². The minimum atomic E-state index is -4.82. The number of alkyl halides is 3. The van der Waals surface area contributed by atoms with Crippen molar-refractivity contribution in [3.8, 4) is 11.1 Å². The van der Waals surface area contributed by atoms with E-state index in [1.165, 1.54) is 6.07 Å². The van der Waals surface area contributed by atoms with E-state index in [9.17, 15) is 32.7 Å². The van der Waals surface area contributed by atoms with E-state index in [4.69, 9.17) is 0 Å². The van der Waals surface area contributed by atoms with Crippen molar-refractivity contribution in [1.82, 2.24) is 14.8 Å². The molecule has 0 aliphatic heterocycles. The van der Waals surface area contributed by atoms with Crippen molar-refractivity contribution < 1.29 is 36.6 Å². The lowest BCUT2D eigenvalue weighted by Gasteiger charge is -2.27. The van der Waals surface area contributed by atoms with Gasteiger partial charge in [-0.25, -0.2) is 8.78 Å². The Morgan fingerprint density at radius 3 is 2.20 bits per heavy atom. The van der Waals surface area contributed by atoms with Crippen LogP contribution in [0.15, 0.2) is 47.4 Å². The molecule has 0 aliphatic rings. The Hall–Kier alpha value is -4.06. The van der Waals surface area contributed by atoms with Crippen LogP contribution in [0.25, 0.3) is 11.1 Å². The summed E-state index contributed by atoms with van der Waals surface area (Å²) in [5.41, 5.74) is -0.416. The number of carboxylic acids is 1. The number of hydrogen-bond acceptors (Lipinski definition) is 4. The monoisotopic (exact) mass is 635 g/mol. The quantitative estimate of drug-likeness (QED) is 0.223. The second-order valence-corrected chi connectivity index (χ2v) is 11.9. The molecule has 1 heterocycles. The number of rotatable bonds is 12. The van der Waals surface area contributed by atoms with E-state index >= 15 is 8.78 Å². The first-order chi connectivity index (χ1) is 20.9. The van der Waals surface area contributed by atoms with Gasteiger partial charge in [-0.2, -0.15) is 13.2 Å². The minimum absolute atomic E-state index is 0.0106. The standard InChI is InChI=1S/C33H38F5N3O4/c1-18(2)12-27(41-17-21(10-11-40(5)6)24(15-28(41)42)33(36,37)38)32(45)39-26(16-29(43)44)23-13-22(14-25(34)31(23)35)30-19(3)8-7-9-20(30)4/h7-9,13-15,17-18,26-27H,10-12,16H2,1-6H3,(H,39,45)(H,43,44)/t26-,27?/m0/s1. The molecule has 0 radical (unpaired) electrons. The normalized spacial score (nSPS) is 13.3. The molecule has 0 saturated carbocycles. The Morgan fingerprint density at radius 2 is 1.67 bits per heavy atom. The summed E-state index contributed by atoms with van der Waals surface area (Å²) in [7, 11) is 3.36. The molecule has 3 aromatic rings. The predicted octanol–water partition coefficient (Wildman–Crippen LogP) is 6.45. The summed E-state index contributed by atoms with van der Waals surface area (Å²) in [5, 5.41) is 12.1. The van der Waals surface area contributed by atoms with Gasteiger partial charge in [0.2, 0.25) is 5.91 Å². The third kappa shape index (κ3) is 8.78. The van der Waals surface area contributed by atoms with Gasteiger partial charge < -0.3 is 19.9 Å². The van der Waals surface area contributed by atoms with Crippen LogP contribution in [0.3, 0.4) is 0 Å². The first-order valence-corrected chi connectivity index (χ1v) is 14.4. The third-order valence-corrected chi connectivity index (χ3v) is 7.53. The Labute approximate surface area is 258 Å². The zero-order chi connectivity index (χ0) is 33.8. The highest BCUT2D eigenvalue weighted by Gasteiger charge is 2.36. The zero-order valence-corrected chi connectivity index (χ0v) is 26.1. The number of carbonyl (C=O) groups is 2. The highest BCUT2D eigenvalue weighted by Crippen LogP contribution is 2.34. The second kappa shape index (κ2) is 14.4. The number of aliphatic carboxylic acids is 1. The van der Waals surface area contributed by atoms with Crippen molar-refractivity contribution in [1.29, 1.82) is 0 Å². The van der Waals surface area contributed by atoms with Crippen molar-refractivity contribution >= 4 is 11.9 Å². The molecule has 2 atom stereocenters. The lowest BCUT2D eigenvalue weighted by Crippen LogP contribution is -2.41. The molecule has 0 saturated heterocycles. The van der Waals surface area contributed by atoms with Gasteiger partial charge in [0.05, 0.1) is 18.0 Å². The number of aryl methyl sites for hydroxylation is 2. The van der Waals surface area contributed by atoms with E-state index < -0.39 is 64.9 Å². The largest absolute Gasteiger partial charge is 0.481 e. The number of carboxylic acid groups (broad SMARTS) is 1. The summed E-state index contributed by atoms with van der Waals surface area (Å²) in [6.07, 6.45) is -4.72. The van der Waals surface area contributed by atoms with Crippen LogP contribution in [0.2, 0.25) is 0 Å². The average molecular weight is 636 g/mol. The summed E-state index contributed by atoms with van der Waals surface area (Å²) in [5.74, 6) is -5.18. The smallest absolute Gasteiger partial charge is 0.416 e. The summed E-state index contributed by atoms with van der Waals surface area (Å²) in [4.78, 5) is 40.4. The maximum atomic E-state index is 15.3. The van der Waals surface area contributed by atoms with Crippen LogP contribution in [-0.4, -0.2) is 47.1 Å². The molecule has 45 heavy (non-hydrogen) atoms. The summed E-state index contributed by atoms with van der Waals surface area (Å²) >= 11 is 0. The van der Waals surface area contributed by atoms with Gasteiger partial charge in [0.1, 0.15) is 6.04 Å². The van der Waals surface area contributed by atoms with E-state index in [0.29, 0.717) is 11.6 Å². The highest BCUT2D eigenvalue weighted by molar-refractivity contribution is 5.82. The van der Waals surface area contributed by atoms with Crippen LogP contribution >= 0.6 is 0 Å². The van der Waals surface area contributed by atoms with Gasteiger partial charge >= 0.3 is 12.1 Å². The average Bonchev–Trinajstić information content (AvgIpc) is 2.91. The van der Waals surface area contributed by atoms with Crippen LogP contribution in [-0.2, 0) is 22.2 Å². The minimum Gasteiger partial charge on any atom is -0.481 e. The fourth-order valence-corrected chi connectivity index (χ4v) is 5.40. The number of halogens is 5. The van der Waals surface area contributed by atoms with Crippen LogP contribution < -0.4 is 10.9 Å². The van der Waals surface area contributed by atoms with Gasteiger partial charge in [0.15, 0.2) is 11.6 Å². The van der Waals surface area contributed by atoms with Gasteiger partial charge in [0, 0.05) is 24.4 Å². The highest BCUT2D eigenvalue weighted by atomic mass is 19.4. The van der Waals surface area contributed by atoms with Gasteiger partial charge in [-0.15, -0.1) is 0 Å². The van der Waals surface area contributed by atoms with Crippen LogP contribution in [0.1, 0.15) is 66.6 Å². The first kappa shape index (κ1) is 35.4. The van der Waals surface area contributed by atoms with Gasteiger partial charge in [0.25, 0.3) is 5.56 Å². The molecular formula is C33H38F5N3O4. The molecule has 0 aliphatic carbocycles. The van der Waals surface area contributed by atoms with E-state index in [0.717, 1.165) is 28.0 Å². The number of nitrogens with one attached hydrogen (secondary N) is 1. The van der Waals surface area contributed by atoms with Crippen LogP contribution in [0, 0.1) is 31.4 Å². The molecule has 3 rings (SSSR count). The Morgan fingerprint density at radius 1 is 1.04 bits per heavy atom. The van der Waals surface area contributed by atoms with E-state index in [1.54, 1.807) is 64.9 Å². The number of benzene rings is 2. The molecule has 1 amide bonds. The van der Waals surface area contributed by atoms with Gasteiger partial charge in [-0.1, -0.05) is 32.0 Å². The number of amides is 1. The van der Waals surface area contributed by atoms with Crippen LogP contribution in [0.5, 0.6) is 0 Å². The molecule has 0 spiro atoms. The molecule has 1 aromatic heterocycles. The maximum Gasteiger partial charge on any atom is 0.416 e. The molecular weight excluding hydrogens is 597 g/mol. The zero-order valence-electron chi connectivity index (χ0n) is 26.1. The number of pyridine rings is 1. The molecule has 12 heteroatoms. The molecule has 2 N–H and O–H groups in total. The molecule has 244 valence electrons. The number of carbonyl (C=O) groups excluding carboxylic acids is 1. The van der Waals surface area contributed by atoms with Crippen molar-refractivity contribution in [3.63, 3.8) is 0 Å². The summed E-state index contributed by atoms with van der Waals surface area (Å²) < 4.78 is 72.8. The third-order valence-electron chi connectivity index (χ3n) is 7.53. The Kier molecular flexibility index (Phi) is 11.3. The number of aromatic nitrogens is 1. The Bertz CT molecular complexity index is 1590. The van der Waals surface area contributed by atoms with E-state index in [-0.39, 0.29) is 36.4 Å². The second-order valence-electron chi connectivity index (χ2n) is 11.9. The van der Waals surface area contributed by atoms with Gasteiger partial charge in [-0.05, 0) is 86.7 Å². The fraction of sp³-hybridized carbons (Fsp3) is 0.424. The molecule has 1 unspecified atom stereocenters. The molecule has 2 aromatic carbocycles. The van der Waals surface area contributed by atoms with E-state index in [1.807, 2.05) is 0 Å². The van der Waals surface area contributed by atoms with Crippen molar-refractivity contribution in [2.24, 2.45) is 5.92 Å². The lowest BCUT2D eigenvalue weighted by molar-refractivity contribution is -0.139. The van der Waals surface area contributed by atoms with Crippen molar-refractivity contribution in [2.45, 2.75) is 65.2 Å². The maximum absolute atomic E-state index is 15.3. The molecule has 0 fully saturated rings.